The summed E-state index contributed by atoms with van der Waals surface area (Å²) in [5, 5.41) is 2.54. The van der Waals surface area contributed by atoms with Gasteiger partial charge in [-0.05, 0) is 12.1 Å². The van der Waals surface area contributed by atoms with Gasteiger partial charge in [-0.15, -0.1) is 11.3 Å². The minimum Gasteiger partial charge on any atom is -0.375 e. The fraction of sp³-hybridized carbons (Fsp3) is 0. The Morgan fingerprint density at radius 2 is 2.07 bits per heavy atom. The van der Waals surface area contributed by atoms with Crippen molar-refractivity contribution >= 4 is 48.3 Å². The topological polar surface area (TPSA) is 38.9 Å². The second-order valence-electron chi connectivity index (χ2n) is 2.70. The van der Waals surface area contributed by atoms with Crippen LogP contribution in [0.15, 0.2) is 32.5 Å². The normalized spacial score (nSPS) is 10.4. The zero-order chi connectivity index (χ0) is 10.1. The number of nitrogens with two attached hydrogens (primary N) is 1. The standard InChI is InChI=1S/C9H6Br2N2S/c10-5-1-2-6(7(11)3-5)8-4-14-9(12)13-8/h1-4H,(H2,12,13). The number of halogens is 2. The van der Waals surface area contributed by atoms with Crippen molar-refractivity contribution < 1.29 is 0 Å². The van der Waals surface area contributed by atoms with Gasteiger partial charge in [0.15, 0.2) is 5.13 Å². The molecule has 0 spiro atoms. The van der Waals surface area contributed by atoms with E-state index in [1.54, 1.807) is 0 Å². The first-order chi connectivity index (χ1) is 6.66. The van der Waals surface area contributed by atoms with Gasteiger partial charge in [-0.3, -0.25) is 0 Å². The lowest BCUT2D eigenvalue weighted by molar-refractivity contribution is 1.40. The number of nitrogen functional groups attached to an aromatic ring is 1. The average molecular weight is 334 g/mol. The van der Waals surface area contributed by atoms with Gasteiger partial charge in [-0.25, -0.2) is 4.98 Å². The van der Waals surface area contributed by atoms with E-state index in [0.717, 1.165) is 20.2 Å². The summed E-state index contributed by atoms with van der Waals surface area (Å²) in [5.41, 5.74) is 7.54. The Morgan fingerprint density at radius 1 is 1.29 bits per heavy atom. The molecule has 2 nitrogen and oxygen atoms in total. The van der Waals surface area contributed by atoms with E-state index in [0.29, 0.717) is 5.13 Å². The molecule has 72 valence electrons. The van der Waals surface area contributed by atoms with Gasteiger partial charge in [-0.1, -0.05) is 37.9 Å². The predicted octanol–water partition coefficient (Wildman–Crippen LogP) is 3.92. The number of benzene rings is 1. The van der Waals surface area contributed by atoms with Crippen LogP contribution in [-0.4, -0.2) is 4.98 Å². The second-order valence-corrected chi connectivity index (χ2v) is 5.35. The lowest BCUT2D eigenvalue weighted by Crippen LogP contribution is -1.83. The maximum atomic E-state index is 5.58. The fourth-order valence-corrected chi connectivity index (χ4v) is 2.92. The van der Waals surface area contributed by atoms with Crippen molar-refractivity contribution in [1.29, 1.82) is 0 Å². The van der Waals surface area contributed by atoms with Crippen LogP contribution < -0.4 is 5.73 Å². The summed E-state index contributed by atoms with van der Waals surface area (Å²) >= 11 is 8.33. The minimum absolute atomic E-state index is 0.592. The second kappa shape index (κ2) is 4.00. The van der Waals surface area contributed by atoms with E-state index >= 15 is 0 Å². The molecule has 14 heavy (non-hydrogen) atoms. The highest BCUT2D eigenvalue weighted by atomic mass is 79.9. The van der Waals surface area contributed by atoms with E-state index in [1.807, 2.05) is 23.6 Å². The number of hydrogen-bond donors (Lipinski definition) is 1. The highest BCUT2D eigenvalue weighted by Gasteiger charge is 2.06. The molecule has 0 aliphatic carbocycles. The molecule has 0 amide bonds. The number of nitrogens with zero attached hydrogens (tertiary/aromatic N) is 1. The zero-order valence-electron chi connectivity index (χ0n) is 7.00. The van der Waals surface area contributed by atoms with Crippen molar-refractivity contribution in [2.24, 2.45) is 0 Å². The zero-order valence-corrected chi connectivity index (χ0v) is 11.0. The van der Waals surface area contributed by atoms with E-state index < -0.39 is 0 Å². The quantitative estimate of drug-likeness (QED) is 0.859. The molecular weight excluding hydrogens is 328 g/mol. The lowest BCUT2D eigenvalue weighted by atomic mass is 10.2. The first-order valence-electron chi connectivity index (χ1n) is 3.83. The molecule has 0 saturated heterocycles. The molecule has 0 radical (unpaired) electrons. The summed E-state index contributed by atoms with van der Waals surface area (Å²) in [5.74, 6) is 0. The van der Waals surface area contributed by atoms with Gasteiger partial charge in [0.1, 0.15) is 0 Å². The van der Waals surface area contributed by atoms with E-state index in [9.17, 15) is 0 Å². The Bertz CT molecular complexity index is 468. The molecule has 1 heterocycles. The Kier molecular flexibility index (Phi) is 2.90. The molecular formula is C9H6Br2N2S. The Labute approximate surface area is 102 Å². The van der Waals surface area contributed by atoms with Crippen molar-refractivity contribution in [3.8, 4) is 11.3 Å². The van der Waals surface area contributed by atoms with Gasteiger partial charge < -0.3 is 5.73 Å². The van der Waals surface area contributed by atoms with Crippen LogP contribution in [0.4, 0.5) is 5.13 Å². The van der Waals surface area contributed by atoms with E-state index in [2.05, 4.69) is 36.8 Å². The van der Waals surface area contributed by atoms with Gasteiger partial charge in [0.05, 0.1) is 5.69 Å². The third kappa shape index (κ3) is 1.99. The van der Waals surface area contributed by atoms with Crippen molar-refractivity contribution in [3.05, 3.63) is 32.5 Å². The molecule has 0 aliphatic rings. The van der Waals surface area contributed by atoms with Gasteiger partial charge in [-0.2, -0.15) is 0 Å². The van der Waals surface area contributed by atoms with Crippen molar-refractivity contribution in [2.75, 3.05) is 5.73 Å². The molecule has 2 rings (SSSR count). The van der Waals surface area contributed by atoms with Crippen LogP contribution in [-0.2, 0) is 0 Å². The molecule has 0 fully saturated rings. The Morgan fingerprint density at radius 3 is 2.64 bits per heavy atom. The van der Waals surface area contributed by atoms with Gasteiger partial charge >= 0.3 is 0 Å². The Hall–Kier alpha value is -0.390. The summed E-state index contributed by atoms with van der Waals surface area (Å²) in [4.78, 5) is 4.22. The van der Waals surface area contributed by atoms with Crippen molar-refractivity contribution in [3.63, 3.8) is 0 Å². The molecule has 2 aromatic rings. The van der Waals surface area contributed by atoms with Gasteiger partial charge in [0, 0.05) is 19.9 Å². The van der Waals surface area contributed by atoms with Crippen LogP contribution in [0.25, 0.3) is 11.3 Å². The maximum Gasteiger partial charge on any atom is 0.180 e. The molecule has 0 saturated carbocycles. The van der Waals surface area contributed by atoms with Gasteiger partial charge in [0.2, 0.25) is 0 Å². The largest absolute Gasteiger partial charge is 0.375 e. The molecule has 1 aromatic heterocycles. The third-order valence-electron chi connectivity index (χ3n) is 1.73. The van der Waals surface area contributed by atoms with E-state index in [4.69, 9.17) is 5.73 Å². The van der Waals surface area contributed by atoms with Crippen LogP contribution in [0.2, 0.25) is 0 Å². The van der Waals surface area contributed by atoms with Crippen molar-refractivity contribution in [1.82, 2.24) is 4.98 Å². The molecule has 5 heteroatoms. The molecule has 1 aromatic carbocycles. The summed E-state index contributed by atoms with van der Waals surface area (Å²) in [6, 6.07) is 5.98. The third-order valence-corrected chi connectivity index (χ3v) is 3.55. The lowest BCUT2D eigenvalue weighted by Gasteiger charge is -2.00. The fourth-order valence-electron chi connectivity index (χ4n) is 1.11. The Balaban J connectivity index is 2.52. The summed E-state index contributed by atoms with van der Waals surface area (Å²) in [6.45, 7) is 0. The maximum absolute atomic E-state index is 5.58. The average Bonchev–Trinajstić information content (AvgIpc) is 2.51. The van der Waals surface area contributed by atoms with E-state index in [-0.39, 0.29) is 0 Å². The summed E-state index contributed by atoms with van der Waals surface area (Å²) in [7, 11) is 0. The number of hydrogen-bond acceptors (Lipinski definition) is 3. The molecule has 0 aliphatic heterocycles. The first kappa shape index (κ1) is 10.1. The summed E-state index contributed by atoms with van der Waals surface area (Å²) in [6.07, 6.45) is 0. The number of thiazole rings is 1. The van der Waals surface area contributed by atoms with Crippen molar-refractivity contribution in [2.45, 2.75) is 0 Å². The van der Waals surface area contributed by atoms with Crippen LogP contribution >= 0.6 is 43.2 Å². The first-order valence-corrected chi connectivity index (χ1v) is 6.30. The highest BCUT2D eigenvalue weighted by Crippen LogP contribution is 2.31. The number of aromatic nitrogens is 1. The number of anilines is 1. The molecule has 2 N–H and O–H groups in total. The smallest absolute Gasteiger partial charge is 0.180 e. The van der Waals surface area contributed by atoms with Crippen LogP contribution in [0.5, 0.6) is 0 Å². The monoisotopic (exact) mass is 332 g/mol. The summed E-state index contributed by atoms with van der Waals surface area (Å²) < 4.78 is 2.05. The van der Waals surface area contributed by atoms with Crippen LogP contribution in [0.3, 0.4) is 0 Å². The SMILES string of the molecule is Nc1nc(-c2ccc(Br)cc2Br)cs1. The molecule has 0 unspecified atom stereocenters. The van der Waals surface area contributed by atoms with Crippen LogP contribution in [0.1, 0.15) is 0 Å². The molecule has 0 atom stereocenters. The predicted molar refractivity (Wildman–Crippen MR) is 67.4 cm³/mol. The number of rotatable bonds is 1. The van der Waals surface area contributed by atoms with Gasteiger partial charge in [0.25, 0.3) is 0 Å². The van der Waals surface area contributed by atoms with Crippen LogP contribution in [0, 0.1) is 0 Å². The minimum atomic E-state index is 0.592. The van der Waals surface area contributed by atoms with E-state index in [1.165, 1.54) is 11.3 Å². The highest BCUT2D eigenvalue weighted by molar-refractivity contribution is 9.11. The molecule has 0 bridgehead atoms.